The Balaban J connectivity index is 3.64. The van der Waals surface area contributed by atoms with Crippen LogP contribution in [0.5, 0.6) is 0 Å². The van der Waals surface area contributed by atoms with E-state index in [-0.39, 0.29) is 11.6 Å². The smallest absolute Gasteiger partial charge is 0.228 e. The van der Waals surface area contributed by atoms with Gasteiger partial charge in [-0.05, 0) is 25.9 Å². The monoisotopic (exact) mass is 131 g/mol. The Morgan fingerprint density at radius 3 is 1.89 bits per heavy atom. The van der Waals surface area contributed by atoms with Crippen LogP contribution >= 0.6 is 0 Å². The van der Waals surface area contributed by atoms with E-state index in [0.717, 1.165) is 0 Å². The molecule has 0 aliphatic heterocycles. The number of oxime groups is 1. The van der Waals surface area contributed by atoms with Crippen LogP contribution < -0.4 is 11.5 Å². The molecular formula is C5H13N3O. The zero-order chi connectivity index (χ0) is 7.49. The van der Waals surface area contributed by atoms with Crippen molar-refractivity contribution in [3.05, 3.63) is 0 Å². The van der Waals surface area contributed by atoms with Gasteiger partial charge in [-0.25, -0.2) is 0 Å². The van der Waals surface area contributed by atoms with E-state index in [9.17, 15) is 0 Å². The van der Waals surface area contributed by atoms with Gasteiger partial charge in [0.2, 0.25) is 5.96 Å². The fourth-order valence-electron chi connectivity index (χ4n) is 0.190. The minimum absolute atomic E-state index is 0.0510. The van der Waals surface area contributed by atoms with Gasteiger partial charge in [0.15, 0.2) is 0 Å². The minimum Gasteiger partial charge on any atom is -0.387 e. The summed E-state index contributed by atoms with van der Waals surface area (Å²) in [6.45, 7) is 5.58. The van der Waals surface area contributed by atoms with Crippen LogP contribution in [0.25, 0.3) is 0 Å². The summed E-state index contributed by atoms with van der Waals surface area (Å²) < 4.78 is 0. The molecule has 0 unspecified atom stereocenters. The van der Waals surface area contributed by atoms with Gasteiger partial charge in [-0.1, -0.05) is 0 Å². The van der Waals surface area contributed by atoms with E-state index in [4.69, 9.17) is 16.3 Å². The van der Waals surface area contributed by atoms with Gasteiger partial charge in [0.05, 0.1) is 0 Å². The van der Waals surface area contributed by atoms with Gasteiger partial charge in [-0.15, -0.1) is 0 Å². The van der Waals surface area contributed by atoms with Crippen LogP contribution in [0.2, 0.25) is 0 Å². The number of nitrogens with zero attached hydrogens (tertiary/aromatic N) is 1. The Bertz CT molecular complexity index is 110. The van der Waals surface area contributed by atoms with Gasteiger partial charge in [-0.3, -0.25) is 0 Å². The topological polar surface area (TPSA) is 73.6 Å². The van der Waals surface area contributed by atoms with E-state index in [2.05, 4.69) is 5.16 Å². The molecule has 0 rings (SSSR count). The molecule has 0 atom stereocenters. The van der Waals surface area contributed by atoms with Crippen molar-refractivity contribution in [3.63, 3.8) is 0 Å². The molecule has 0 aromatic heterocycles. The number of rotatable bonds is 1. The number of nitrogens with two attached hydrogens (primary N) is 2. The molecule has 54 valence electrons. The molecule has 0 bridgehead atoms. The molecule has 0 saturated heterocycles. The van der Waals surface area contributed by atoms with Crippen LogP contribution in [0, 0.1) is 0 Å². The van der Waals surface area contributed by atoms with Crippen LogP contribution in [0.1, 0.15) is 20.8 Å². The van der Waals surface area contributed by atoms with Crippen molar-refractivity contribution in [2.24, 2.45) is 16.6 Å². The molecule has 0 aromatic rings. The first-order valence-electron chi connectivity index (χ1n) is 2.69. The van der Waals surface area contributed by atoms with E-state index < -0.39 is 0 Å². The standard InChI is InChI=1S/C5H13N3O/c1-5(2,3)9-8-4(6)7/h1-3H3,(H4,6,7,8). The Labute approximate surface area is 54.8 Å². The van der Waals surface area contributed by atoms with E-state index in [1.54, 1.807) is 0 Å². The van der Waals surface area contributed by atoms with Crippen molar-refractivity contribution >= 4 is 5.96 Å². The first kappa shape index (κ1) is 8.07. The molecular weight excluding hydrogens is 118 g/mol. The summed E-state index contributed by atoms with van der Waals surface area (Å²) in [5.41, 5.74) is 9.69. The van der Waals surface area contributed by atoms with Gasteiger partial charge in [0.1, 0.15) is 5.60 Å². The van der Waals surface area contributed by atoms with E-state index in [1.807, 2.05) is 20.8 Å². The third-order valence-corrected chi connectivity index (χ3v) is 0.425. The highest BCUT2D eigenvalue weighted by Crippen LogP contribution is 2.05. The molecule has 0 radical (unpaired) electrons. The Morgan fingerprint density at radius 1 is 1.33 bits per heavy atom. The lowest BCUT2D eigenvalue weighted by Gasteiger charge is -2.14. The van der Waals surface area contributed by atoms with Crippen molar-refractivity contribution < 1.29 is 4.84 Å². The summed E-state index contributed by atoms with van der Waals surface area (Å²) in [6.07, 6.45) is 0. The quantitative estimate of drug-likeness (QED) is 0.298. The maximum Gasteiger partial charge on any atom is 0.228 e. The molecule has 0 heterocycles. The van der Waals surface area contributed by atoms with Gasteiger partial charge in [0, 0.05) is 0 Å². The lowest BCUT2D eigenvalue weighted by atomic mass is 10.2. The third kappa shape index (κ3) is 7.07. The summed E-state index contributed by atoms with van der Waals surface area (Å²) in [7, 11) is 0. The maximum atomic E-state index is 5.00. The predicted octanol–water partition coefficient (Wildman–Crippen LogP) is -0.0101. The zero-order valence-corrected chi connectivity index (χ0v) is 6.01. The second kappa shape index (κ2) is 2.57. The molecule has 4 N–H and O–H groups in total. The predicted molar refractivity (Wildman–Crippen MR) is 36.6 cm³/mol. The molecule has 0 saturated carbocycles. The minimum atomic E-state index is -0.315. The molecule has 0 amide bonds. The van der Waals surface area contributed by atoms with Crippen LogP contribution in [0.15, 0.2) is 5.16 Å². The second-order valence-corrected chi connectivity index (χ2v) is 2.72. The van der Waals surface area contributed by atoms with Crippen molar-refractivity contribution in [3.8, 4) is 0 Å². The van der Waals surface area contributed by atoms with Crippen molar-refractivity contribution in [2.45, 2.75) is 26.4 Å². The fraction of sp³-hybridized carbons (Fsp3) is 0.800. The Kier molecular flexibility index (Phi) is 2.30. The molecule has 0 aliphatic carbocycles. The van der Waals surface area contributed by atoms with Gasteiger partial charge in [-0.2, -0.15) is 0 Å². The number of hydrogen-bond acceptors (Lipinski definition) is 2. The highest BCUT2D eigenvalue weighted by Gasteiger charge is 2.09. The summed E-state index contributed by atoms with van der Waals surface area (Å²) in [5.74, 6) is -0.0510. The van der Waals surface area contributed by atoms with Gasteiger partial charge in [0.25, 0.3) is 0 Å². The average molecular weight is 131 g/mol. The molecule has 4 nitrogen and oxygen atoms in total. The molecule has 0 fully saturated rings. The van der Waals surface area contributed by atoms with Crippen LogP contribution in [-0.2, 0) is 4.84 Å². The van der Waals surface area contributed by atoms with Gasteiger partial charge >= 0.3 is 0 Å². The van der Waals surface area contributed by atoms with E-state index in [0.29, 0.717) is 0 Å². The third-order valence-electron chi connectivity index (χ3n) is 0.425. The molecule has 0 aromatic carbocycles. The van der Waals surface area contributed by atoms with Crippen molar-refractivity contribution in [2.75, 3.05) is 0 Å². The molecule has 9 heavy (non-hydrogen) atoms. The van der Waals surface area contributed by atoms with Crippen LogP contribution in [0.4, 0.5) is 0 Å². The van der Waals surface area contributed by atoms with Crippen LogP contribution in [-0.4, -0.2) is 11.6 Å². The SMILES string of the molecule is CC(C)(C)ON=C(N)N. The fourth-order valence-corrected chi connectivity index (χ4v) is 0.190. The molecule has 4 heteroatoms. The lowest BCUT2D eigenvalue weighted by molar-refractivity contribution is 0.000474. The Hall–Kier alpha value is -0.930. The van der Waals surface area contributed by atoms with Gasteiger partial charge < -0.3 is 16.3 Å². The maximum absolute atomic E-state index is 5.00. The summed E-state index contributed by atoms with van der Waals surface area (Å²) in [4.78, 5) is 4.83. The summed E-state index contributed by atoms with van der Waals surface area (Å²) in [6, 6.07) is 0. The highest BCUT2D eigenvalue weighted by molar-refractivity contribution is 5.74. The van der Waals surface area contributed by atoms with Crippen LogP contribution in [0.3, 0.4) is 0 Å². The molecule has 0 aliphatic rings. The average Bonchev–Trinajstić information content (AvgIpc) is 1.59. The number of guanidine groups is 1. The van der Waals surface area contributed by atoms with E-state index >= 15 is 0 Å². The molecule has 0 spiro atoms. The highest BCUT2D eigenvalue weighted by atomic mass is 16.6. The normalized spacial score (nSPS) is 10.6. The van der Waals surface area contributed by atoms with E-state index in [1.165, 1.54) is 0 Å². The second-order valence-electron chi connectivity index (χ2n) is 2.72. The Morgan fingerprint density at radius 2 is 1.78 bits per heavy atom. The first-order chi connectivity index (χ1) is 3.92. The van der Waals surface area contributed by atoms with Crippen molar-refractivity contribution in [1.29, 1.82) is 0 Å². The number of hydrogen-bond donors (Lipinski definition) is 2. The zero-order valence-electron chi connectivity index (χ0n) is 6.01. The first-order valence-corrected chi connectivity index (χ1v) is 2.69. The largest absolute Gasteiger partial charge is 0.387 e. The summed E-state index contributed by atoms with van der Waals surface area (Å²) >= 11 is 0. The lowest BCUT2D eigenvalue weighted by Crippen LogP contribution is -2.26. The summed E-state index contributed by atoms with van der Waals surface area (Å²) in [5, 5.41) is 3.37. The van der Waals surface area contributed by atoms with Crippen molar-refractivity contribution in [1.82, 2.24) is 0 Å².